The Morgan fingerprint density at radius 3 is 2.67 bits per heavy atom. The average molecular weight is 208 g/mol. The molecular weight excluding hydrogens is 196 g/mol. The predicted molar refractivity (Wildman–Crippen MR) is 53.4 cm³/mol. The summed E-state index contributed by atoms with van der Waals surface area (Å²) >= 11 is 0. The van der Waals surface area contributed by atoms with Crippen LogP contribution in [0.2, 0.25) is 0 Å². The molecule has 1 aliphatic heterocycles. The molecule has 1 fully saturated rings. The molecule has 15 heavy (non-hydrogen) atoms. The fraction of sp³-hybridized carbons (Fsp3) is 0.444. The van der Waals surface area contributed by atoms with Crippen molar-refractivity contribution in [2.75, 3.05) is 18.5 Å². The van der Waals surface area contributed by atoms with Crippen LogP contribution in [0.1, 0.15) is 17.4 Å². The van der Waals surface area contributed by atoms with Crippen molar-refractivity contribution in [1.82, 2.24) is 10.2 Å². The van der Waals surface area contributed by atoms with Gasteiger partial charge in [0.2, 0.25) is 0 Å². The molecule has 0 unspecified atom stereocenters. The summed E-state index contributed by atoms with van der Waals surface area (Å²) in [7, 11) is 0. The monoisotopic (exact) mass is 208 g/mol. The van der Waals surface area contributed by atoms with Crippen molar-refractivity contribution in [1.29, 1.82) is 0 Å². The number of nitrogens with one attached hydrogen (secondary N) is 1. The molecule has 0 aliphatic carbocycles. The summed E-state index contributed by atoms with van der Waals surface area (Å²) in [5.41, 5.74) is 5.13. The van der Waals surface area contributed by atoms with Crippen LogP contribution in [-0.4, -0.2) is 34.9 Å². The number of amides is 1. The van der Waals surface area contributed by atoms with Gasteiger partial charge in [-0.15, -0.1) is 10.2 Å². The molecule has 1 aliphatic rings. The maximum absolute atomic E-state index is 10.7. The molecule has 0 atom stereocenters. The molecule has 0 bridgehead atoms. The minimum atomic E-state index is -0.577. The summed E-state index contributed by atoms with van der Waals surface area (Å²) in [4.78, 5) is 10.7. The van der Waals surface area contributed by atoms with E-state index in [0.717, 1.165) is 0 Å². The lowest BCUT2D eigenvalue weighted by Crippen LogP contribution is -2.53. The molecule has 0 radical (unpaired) electrons. The van der Waals surface area contributed by atoms with Crippen molar-refractivity contribution in [3.05, 3.63) is 17.8 Å². The highest BCUT2D eigenvalue weighted by Gasteiger charge is 2.33. The van der Waals surface area contributed by atoms with E-state index in [4.69, 9.17) is 10.5 Å². The third kappa shape index (κ3) is 2.04. The van der Waals surface area contributed by atoms with Gasteiger partial charge in [0.15, 0.2) is 5.69 Å². The molecule has 0 spiro atoms. The van der Waals surface area contributed by atoms with E-state index in [2.05, 4.69) is 15.5 Å². The summed E-state index contributed by atoms with van der Waals surface area (Å²) in [5.74, 6) is 0.0399. The first-order chi connectivity index (χ1) is 7.09. The van der Waals surface area contributed by atoms with Gasteiger partial charge in [-0.3, -0.25) is 4.79 Å². The molecule has 0 aromatic carbocycles. The van der Waals surface area contributed by atoms with Crippen LogP contribution in [-0.2, 0) is 4.74 Å². The number of nitrogens with two attached hydrogens (primary N) is 1. The molecule has 6 nitrogen and oxygen atoms in total. The Hall–Kier alpha value is -1.69. The summed E-state index contributed by atoms with van der Waals surface area (Å²) in [5, 5.41) is 10.7. The first-order valence-corrected chi connectivity index (χ1v) is 4.59. The van der Waals surface area contributed by atoms with Gasteiger partial charge in [-0.1, -0.05) is 0 Å². The number of nitrogens with zero attached hydrogens (tertiary/aromatic N) is 2. The topological polar surface area (TPSA) is 90.1 Å². The highest BCUT2D eigenvalue weighted by atomic mass is 16.5. The lowest BCUT2D eigenvalue weighted by atomic mass is 10.0. The molecule has 1 aromatic heterocycles. The molecule has 2 rings (SSSR count). The molecule has 1 saturated heterocycles. The van der Waals surface area contributed by atoms with Crippen LogP contribution in [0.15, 0.2) is 12.1 Å². The highest BCUT2D eigenvalue weighted by Crippen LogP contribution is 2.20. The standard InChI is InChI=1S/C9H12N4O2/c1-9(4-15-5-9)11-7-3-2-6(8(10)14)12-13-7/h2-3H,4-5H2,1H3,(H2,10,14)(H,11,13). The summed E-state index contributed by atoms with van der Waals surface area (Å²) in [6, 6.07) is 3.22. The fourth-order valence-corrected chi connectivity index (χ4v) is 1.32. The zero-order valence-electron chi connectivity index (χ0n) is 8.36. The third-order valence-corrected chi connectivity index (χ3v) is 2.19. The van der Waals surface area contributed by atoms with E-state index in [1.165, 1.54) is 0 Å². The molecule has 0 saturated carbocycles. The van der Waals surface area contributed by atoms with Crippen molar-refractivity contribution >= 4 is 11.7 Å². The normalized spacial score (nSPS) is 17.9. The van der Waals surface area contributed by atoms with E-state index in [1.54, 1.807) is 12.1 Å². The average Bonchev–Trinajstić information content (AvgIpc) is 2.16. The van der Waals surface area contributed by atoms with E-state index in [-0.39, 0.29) is 11.2 Å². The second-order valence-corrected chi connectivity index (χ2v) is 3.85. The van der Waals surface area contributed by atoms with Gasteiger partial charge in [0.25, 0.3) is 5.91 Å². The molecule has 6 heteroatoms. The van der Waals surface area contributed by atoms with Crippen molar-refractivity contribution in [2.24, 2.45) is 5.73 Å². The molecule has 2 heterocycles. The van der Waals surface area contributed by atoms with E-state index in [9.17, 15) is 4.79 Å². The third-order valence-electron chi connectivity index (χ3n) is 2.19. The van der Waals surface area contributed by atoms with Crippen LogP contribution in [0.25, 0.3) is 0 Å². The molecule has 1 aromatic rings. The second kappa shape index (κ2) is 3.47. The van der Waals surface area contributed by atoms with Gasteiger partial charge in [-0.2, -0.15) is 0 Å². The first kappa shape index (κ1) is 9.85. The number of carbonyl (C=O) groups is 1. The quantitative estimate of drug-likeness (QED) is 0.716. The number of anilines is 1. The largest absolute Gasteiger partial charge is 0.376 e. The van der Waals surface area contributed by atoms with Crippen molar-refractivity contribution < 1.29 is 9.53 Å². The minimum absolute atomic E-state index is 0.0804. The Bertz CT molecular complexity index is 372. The van der Waals surface area contributed by atoms with Crippen molar-refractivity contribution in [3.63, 3.8) is 0 Å². The summed E-state index contributed by atoms with van der Waals surface area (Å²) < 4.78 is 5.09. The number of carbonyl (C=O) groups excluding carboxylic acids is 1. The van der Waals surface area contributed by atoms with Gasteiger partial charge in [0, 0.05) is 0 Å². The predicted octanol–water partition coefficient (Wildman–Crippen LogP) is -0.224. The molecule has 1 amide bonds. The zero-order chi connectivity index (χ0) is 10.9. The fourth-order valence-electron chi connectivity index (χ4n) is 1.32. The Kier molecular flexibility index (Phi) is 2.28. The SMILES string of the molecule is CC1(Nc2ccc(C(N)=O)nn2)COC1. The van der Waals surface area contributed by atoms with E-state index >= 15 is 0 Å². The number of primary amides is 1. The summed E-state index contributed by atoms with van der Waals surface area (Å²) in [6.07, 6.45) is 0. The van der Waals surface area contributed by atoms with Crippen molar-refractivity contribution in [3.8, 4) is 0 Å². The number of hydrogen-bond acceptors (Lipinski definition) is 5. The van der Waals surface area contributed by atoms with E-state index in [0.29, 0.717) is 19.0 Å². The van der Waals surface area contributed by atoms with Gasteiger partial charge in [-0.25, -0.2) is 0 Å². The maximum atomic E-state index is 10.7. The van der Waals surface area contributed by atoms with Crippen molar-refractivity contribution in [2.45, 2.75) is 12.5 Å². The molecule has 3 N–H and O–H groups in total. The van der Waals surface area contributed by atoms with Crippen LogP contribution >= 0.6 is 0 Å². The van der Waals surface area contributed by atoms with Crippen LogP contribution in [0.4, 0.5) is 5.82 Å². The van der Waals surface area contributed by atoms with Gasteiger partial charge in [0.05, 0.1) is 18.8 Å². The Balaban J connectivity index is 2.07. The number of rotatable bonds is 3. The highest BCUT2D eigenvalue weighted by molar-refractivity contribution is 5.90. The Morgan fingerprint density at radius 1 is 1.53 bits per heavy atom. The van der Waals surface area contributed by atoms with Crippen LogP contribution in [0, 0.1) is 0 Å². The van der Waals surface area contributed by atoms with E-state index in [1.807, 2.05) is 6.92 Å². The summed E-state index contributed by atoms with van der Waals surface area (Å²) in [6.45, 7) is 3.32. The minimum Gasteiger partial charge on any atom is -0.376 e. The Labute approximate surface area is 86.8 Å². The smallest absolute Gasteiger partial charge is 0.269 e. The Morgan fingerprint density at radius 2 is 2.27 bits per heavy atom. The zero-order valence-corrected chi connectivity index (χ0v) is 8.36. The van der Waals surface area contributed by atoms with Crippen LogP contribution < -0.4 is 11.1 Å². The van der Waals surface area contributed by atoms with Gasteiger partial charge < -0.3 is 15.8 Å². The first-order valence-electron chi connectivity index (χ1n) is 4.59. The lowest BCUT2D eigenvalue weighted by Gasteiger charge is -2.38. The number of ether oxygens (including phenoxy) is 1. The van der Waals surface area contributed by atoms with Crippen LogP contribution in [0.3, 0.4) is 0 Å². The van der Waals surface area contributed by atoms with Crippen LogP contribution in [0.5, 0.6) is 0 Å². The number of aromatic nitrogens is 2. The maximum Gasteiger partial charge on any atom is 0.269 e. The lowest BCUT2D eigenvalue weighted by molar-refractivity contribution is -0.0320. The number of hydrogen-bond donors (Lipinski definition) is 2. The van der Waals surface area contributed by atoms with Gasteiger partial charge in [0.1, 0.15) is 5.82 Å². The van der Waals surface area contributed by atoms with Gasteiger partial charge >= 0.3 is 0 Å². The molecule has 80 valence electrons. The van der Waals surface area contributed by atoms with Gasteiger partial charge in [-0.05, 0) is 19.1 Å². The molecular formula is C9H12N4O2. The van der Waals surface area contributed by atoms with E-state index < -0.39 is 5.91 Å². The second-order valence-electron chi connectivity index (χ2n) is 3.85.